The molecular weight excluding hydrogens is 219 g/mol. The first-order valence-electron chi connectivity index (χ1n) is 0.267. The van der Waals surface area contributed by atoms with E-state index in [2.05, 4.69) is 0 Å². The maximum absolute atomic E-state index is 4.76. The summed E-state index contributed by atoms with van der Waals surface area (Å²) in [4.78, 5) is 0. The summed E-state index contributed by atoms with van der Waals surface area (Å²) in [5, 5.41) is 0. The second-order valence-corrected chi connectivity index (χ2v) is 0. The molecule has 0 rings (SSSR count). The van der Waals surface area contributed by atoms with Gasteiger partial charge in [-0.1, -0.05) is 0 Å². The van der Waals surface area contributed by atoms with Crippen LogP contribution < -0.4 is 0 Å². The molecule has 0 fully saturated rings. The SMILES string of the molecule is [Cl][Zn].[Cu].[Mn]. The van der Waals surface area contributed by atoms with Crippen molar-refractivity contribution in [1.82, 2.24) is 0 Å². The van der Waals surface area contributed by atoms with E-state index < -0.39 is 0 Å². The van der Waals surface area contributed by atoms with E-state index in [0.717, 1.165) is 17.3 Å². The summed E-state index contributed by atoms with van der Waals surface area (Å²) in [6.07, 6.45) is 0. The monoisotopic (exact) mass is 217 g/mol. The summed E-state index contributed by atoms with van der Waals surface area (Å²) in [5.74, 6) is 0. The summed E-state index contributed by atoms with van der Waals surface area (Å²) in [6.45, 7) is 0. The average molecular weight is 219 g/mol. The van der Waals surface area contributed by atoms with Gasteiger partial charge in [0.25, 0.3) is 0 Å². The van der Waals surface area contributed by atoms with Crippen molar-refractivity contribution in [2.24, 2.45) is 0 Å². The van der Waals surface area contributed by atoms with E-state index in [1.165, 1.54) is 0 Å². The quantitative estimate of drug-likeness (QED) is 0.526. The minimum atomic E-state index is 0. The second kappa shape index (κ2) is 20.3. The van der Waals surface area contributed by atoms with Crippen LogP contribution in [0.25, 0.3) is 0 Å². The fraction of sp³-hybridized carbons (Fsp3) is 0. The van der Waals surface area contributed by atoms with Gasteiger partial charge in [-0.05, 0) is 0 Å². The molecule has 0 aromatic rings. The van der Waals surface area contributed by atoms with Gasteiger partial charge >= 0.3 is 27.0 Å². The average Bonchev–Trinajstić information content (AvgIpc) is 1.00. The number of hydrogen-bond acceptors (Lipinski definition) is 0. The van der Waals surface area contributed by atoms with Gasteiger partial charge in [0.2, 0.25) is 0 Å². The molecule has 0 unspecified atom stereocenters. The molecule has 0 N–H and O–H groups in total. The van der Waals surface area contributed by atoms with E-state index in [0.29, 0.717) is 0 Å². The summed E-state index contributed by atoms with van der Waals surface area (Å²) < 4.78 is 0. The van der Waals surface area contributed by atoms with Gasteiger partial charge in [-0.3, -0.25) is 0 Å². The first-order chi connectivity index (χ1) is 1.00. The molecule has 0 aliphatic carbocycles. The molecule has 0 aliphatic heterocycles. The van der Waals surface area contributed by atoms with Crippen molar-refractivity contribution in [1.29, 1.82) is 0 Å². The molecule has 0 heterocycles. The van der Waals surface area contributed by atoms with Crippen molar-refractivity contribution in [2.45, 2.75) is 0 Å². The minimum absolute atomic E-state index is 0. The Bertz CT molecular complexity index is 8.00. The van der Waals surface area contributed by atoms with E-state index in [1.54, 1.807) is 0 Å². The van der Waals surface area contributed by atoms with Gasteiger partial charge in [0, 0.05) is 34.1 Å². The van der Waals surface area contributed by atoms with E-state index in [4.69, 9.17) is 9.69 Å². The molecule has 0 saturated carbocycles. The van der Waals surface area contributed by atoms with Crippen molar-refractivity contribution in [3.05, 3.63) is 0 Å². The van der Waals surface area contributed by atoms with Crippen LogP contribution in [0.2, 0.25) is 0 Å². The molecule has 0 nitrogen and oxygen atoms in total. The maximum atomic E-state index is 4.76. The molecular formula is ClCuMnZn. The van der Waals surface area contributed by atoms with Gasteiger partial charge in [0.1, 0.15) is 0 Å². The van der Waals surface area contributed by atoms with Gasteiger partial charge in [0.05, 0.1) is 0 Å². The van der Waals surface area contributed by atoms with Crippen LogP contribution in [0.5, 0.6) is 0 Å². The number of halogens is 1. The van der Waals surface area contributed by atoms with Crippen molar-refractivity contribution >= 4 is 9.69 Å². The second-order valence-electron chi connectivity index (χ2n) is 0. The van der Waals surface area contributed by atoms with Crippen molar-refractivity contribution in [3.8, 4) is 0 Å². The molecule has 0 bridgehead atoms. The van der Waals surface area contributed by atoms with Crippen LogP contribution in [0.4, 0.5) is 0 Å². The molecule has 0 aromatic heterocycles. The third kappa shape index (κ3) is 9.04. The zero-order valence-corrected chi connectivity index (χ0v) is 7.61. The van der Waals surface area contributed by atoms with Crippen LogP contribution in [-0.4, -0.2) is 0 Å². The fourth-order valence-electron chi connectivity index (χ4n) is 0. The standard InChI is InChI=1S/ClH.Cu.Mn.Zn/h1H;;;/q;;;+1/p-1. The zero-order valence-electron chi connectivity index (χ0n) is 1.76. The Morgan fingerprint density at radius 1 is 1.25 bits per heavy atom. The Kier molecular flexibility index (Phi) is 85.0. The smallest absolute Gasteiger partial charge is 0 e. The number of hydrogen-bond donors (Lipinski definition) is 0. The third-order valence-electron chi connectivity index (χ3n) is 0. The summed E-state index contributed by atoms with van der Waals surface area (Å²) in [6, 6.07) is 0. The predicted octanol–water partition coefficient (Wildman–Crippen LogP) is 0.682. The van der Waals surface area contributed by atoms with Crippen molar-refractivity contribution in [2.75, 3.05) is 0 Å². The van der Waals surface area contributed by atoms with Crippen LogP contribution in [0.3, 0.4) is 0 Å². The molecule has 0 atom stereocenters. The van der Waals surface area contributed by atoms with Gasteiger partial charge < -0.3 is 0 Å². The van der Waals surface area contributed by atoms with Crippen LogP contribution in [0, 0.1) is 0 Å². The normalized spacial score (nSPS) is 1.75. The van der Waals surface area contributed by atoms with E-state index in [1.807, 2.05) is 0 Å². The molecule has 27 valence electrons. The first kappa shape index (κ1) is 16.7. The van der Waals surface area contributed by atoms with Gasteiger partial charge in [-0.2, -0.15) is 0 Å². The molecule has 0 aromatic carbocycles. The van der Waals surface area contributed by atoms with Crippen molar-refractivity contribution < 1.29 is 51.4 Å². The molecule has 0 amide bonds. The van der Waals surface area contributed by atoms with Gasteiger partial charge in [-0.25, -0.2) is 0 Å². The largest absolute Gasteiger partial charge is 0 e. The van der Waals surface area contributed by atoms with E-state index >= 15 is 0 Å². The molecule has 0 aliphatic rings. The fourth-order valence-corrected chi connectivity index (χ4v) is 0. The Labute approximate surface area is 60.7 Å². The van der Waals surface area contributed by atoms with Crippen LogP contribution >= 0.6 is 9.69 Å². The maximum Gasteiger partial charge on any atom is 0 e. The molecule has 4 heavy (non-hydrogen) atoms. The van der Waals surface area contributed by atoms with Crippen molar-refractivity contribution in [3.63, 3.8) is 0 Å². The Morgan fingerprint density at radius 3 is 1.25 bits per heavy atom. The van der Waals surface area contributed by atoms with Crippen LogP contribution in [0.15, 0.2) is 0 Å². The molecule has 0 spiro atoms. The molecule has 4 heteroatoms. The Balaban J connectivity index is -0.00000000500. The number of rotatable bonds is 0. The van der Waals surface area contributed by atoms with Gasteiger partial charge in [0.15, 0.2) is 0 Å². The van der Waals surface area contributed by atoms with Crippen LogP contribution in [0.1, 0.15) is 0 Å². The van der Waals surface area contributed by atoms with Crippen LogP contribution in [-0.2, 0) is 51.4 Å². The topological polar surface area (TPSA) is 0 Å². The van der Waals surface area contributed by atoms with Gasteiger partial charge in [-0.15, -0.1) is 0 Å². The molecule has 2 radical (unpaired) electrons. The Hall–Kier alpha value is 1.95. The Morgan fingerprint density at radius 2 is 1.25 bits per heavy atom. The minimum Gasteiger partial charge on any atom is 0 e. The first-order valence-corrected chi connectivity index (χ1v) is 4.17. The zero-order chi connectivity index (χ0) is 2.00. The predicted molar refractivity (Wildman–Crippen MR) is 5.85 cm³/mol. The summed E-state index contributed by atoms with van der Waals surface area (Å²) >= 11 is 0.847. The van der Waals surface area contributed by atoms with E-state index in [9.17, 15) is 0 Å². The third-order valence-corrected chi connectivity index (χ3v) is 0. The summed E-state index contributed by atoms with van der Waals surface area (Å²) in [5.41, 5.74) is 0. The van der Waals surface area contributed by atoms with E-state index in [-0.39, 0.29) is 34.1 Å². The summed E-state index contributed by atoms with van der Waals surface area (Å²) in [7, 11) is 4.76. The molecule has 0 saturated heterocycles.